The van der Waals surface area contributed by atoms with Gasteiger partial charge < -0.3 is 10.6 Å². The van der Waals surface area contributed by atoms with Crippen LogP contribution in [-0.2, 0) is 6.54 Å². The summed E-state index contributed by atoms with van der Waals surface area (Å²) in [6.45, 7) is 3.18. The molecule has 4 nitrogen and oxygen atoms in total. The SMILES string of the molecule is CCNc1cnccc1C(=O)NCc1ccc(Cl)cc1. The summed E-state index contributed by atoms with van der Waals surface area (Å²) in [6, 6.07) is 9.09. The molecule has 2 rings (SSSR count). The number of rotatable bonds is 5. The molecule has 0 saturated carbocycles. The standard InChI is InChI=1S/C15H16ClN3O/c1-2-18-14-10-17-8-7-13(14)15(20)19-9-11-3-5-12(16)6-4-11/h3-8,10,18H,2,9H2,1H3,(H,19,20). The van der Waals surface area contributed by atoms with Crippen molar-refractivity contribution < 1.29 is 4.79 Å². The molecule has 0 spiro atoms. The Balaban J connectivity index is 2.03. The zero-order chi connectivity index (χ0) is 14.4. The molecule has 0 aliphatic heterocycles. The van der Waals surface area contributed by atoms with E-state index in [0.29, 0.717) is 17.1 Å². The van der Waals surface area contributed by atoms with Gasteiger partial charge in [-0.1, -0.05) is 23.7 Å². The number of carbonyl (C=O) groups excluding carboxylic acids is 1. The van der Waals surface area contributed by atoms with Gasteiger partial charge in [-0.3, -0.25) is 9.78 Å². The number of benzene rings is 1. The normalized spacial score (nSPS) is 10.1. The van der Waals surface area contributed by atoms with Crippen molar-refractivity contribution >= 4 is 23.2 Å². The average Bonchev–Trinajstić information content (AvgIpc) is 2.47. The van der Waals surface area contributed by atoms with Crippen LogP contribution in [0.4, 0.5) is 5.69 Å². The van der Waals surface area contributed by atoms with Gasteiger partial charge in [0.25, 0.3) is 5.91 Å². The Morgan fingerprint density at radius 1 is 1.25 bits per heavy atom. The minimum absolute atomic E-state index is 0.127. The van der Waals surface area contributed by atoms with E-state index in [9.17, 15) is 4.79 Å². The van der Waals surface area contributed by atoms with Gasteiger partial charge in [-0.15, -0.1) is 0 Å². The van der Waals surface area contributed by atoms with Gasteiger partial charge >= 0.3 is 0 Å². The first-order chi connectivity index (χ1) is 9.70. The number of hydrogen-bond acceptors (Lipinski definition) is 3. The van der Waals surface area contributed by atoms with Gasteiger partial charge in [0, 0.05) is 24.3 Å². The summed E-state index contributed by atoms with van der Waals surface area (Å²) in [7, 11) is 0. The maximum atomic E-state index is 12.2. The predicted molar refractivity (Wildman–Crippen MR) is 81.0 cm³/mol. The molecule has 20 heavy (non-hydrogen) atoms. The third kappa shape index (κ3) is 3.71. The Labute approximate surface area is 123 Å². The molecule has 0 aliphatic rings. The van der Waals surface area contributed by atoms with Gasteiger partial charge in [-0.25, -0.2) is 0 Å². The molecule has 1 amide bonds. The smallest absolute Gasteiger partial charge is 0.253 e. The van der Waals surface area contributed by atoms with E-state index in [1.165, 1.54) is 0 Å². The van der Waals surface area contributed by atoms with Crippen molar-refractivity contribution in [3.63, 3.8) is 0 Å². The van der Waals surface area contributed by atoms with Gasteiger partial charge in [-0.2, -0.15) is 0 Å². The lowest BCUT2D eigenvalue weighted by atomic mass is 10.2. The molecule has 1 aromatic carbocycles. The molecule has 5 heteroatoms. The summed E-state index contributed by atoms with van der Waals surface area (Å²) in [6.07, 6.45) is 3.26. The molecule has 0 bridgehead atoms. The Hall–Kier alpha value is -2.07. The van der Waals surface area contributed by atoms with E-state index in [4.69, 9.17) is 11.6 Å². The second kappa shape index (κ2) is 6.91. The fourth-order valence-corrected chi connectivity index (χ4v) is 1.93. The van der Waals surface area contributed by atoms with Crippen molar-refractivity contribution in [2.24, 2.45) is 0 Å². The topological polar surface area (TPSA) is 54.0 Å². The van der Waals surface area contributed by atoms with Crippen LogP contribution in [0.25, 0.3) is 0 Å². The van der Waals surface area contributed by atoms with Crippen LogP contribution in [0.5, 0.6) is 0 Å². The Morgan fingerprint density at radius 3 is 2.70 bits per heavy atom. The van der Waals surface area contributed by atoms with Gasteiger partial charge in [0.15, 0.2) is 0 Å². The first kappa shape index (κ1) is 14.3. The Kier molecular flexibility index (Phi) is 4.96. The minimum atomic E-state index is -0.127. The van der Waals surface area contributed by atoms with Crippen LogP contribution in [0.3, 0.4) is 0 Å². The van der Waals surface area contributed by atoms with E-state index in [1.54, 1.807) is 30.6 Å². The highest BCUT2D eigenvalue weighted by Crippen LogP contribution is 2.13. The second-order valence-corrected chi connectivity index (χ2v) is 4.70. The van der Waals surface area contributed by atoms with Crippen molar-refractivity contribution in [1.82, 2.24) is 10.3 Å². The Bertz CT molecular complexity index is 584. The summed E-state index contributed by atoms with van der Waals surface area (Å²) in [5.74, 6) is -0.127. The van der Waals surface area contributed by atoms with Crippen molar-refractivity contribution in [3.05, 3.63) is 58.9 Å². The lowest BCUT2D eigenvalue weighted by Gasteiger charge is -2.10. The number of carbonyl (C=O) groups is 1. The molecular weight excluding hydrogens is 274 g/mol. The number of amides is 1. The molecule has 0 unspecified atom stereocenters. The minimum Gasteiger partial charge on any atom is -0.383 e. The van der Waals surface area contributed by atoms with E-state index in [1.807, 2.05) is 19.1 Å². The highest BCUT2D eigenvalue weighted by Gasteiger charge is 2.10. The van der Waals surface area contributed by atoms with E-state index in [-0.39, 0.29) is 5.91 Å². The lowest BCUT2D eigenvalue weighted by Crippen LogP contribution is -2.24. The number of hydrogen-bond donors (Lipinski definition) is 2. The van der Waals surface area contributed by atoms with Crippen LogP contribution in [0.1, 0.15) is 22.8 Å². The number of nitrogens with zero attached hydrogens (tertiary/aromatic N) is 1. The van der Waals surface area contributed by atoms with Crippen molar-refractivity contribution in [3.8, 4) is 0 Å². The van der Waals surface area contributed by atoms with Crippen LogP contribution in [0, 0.1) is 0 Å². The first-order valence-corrected chi connectivity index (χ1v) is 6.79. The maximum Gasteiger partial charge on any atom is 0.253 e. The molecule has 1 aromatic heterocycles. The molecule has 0 fully saturated rings. The number of anilines is 1. The molecule has 0 atom stereocenters. The molecule has 0 aliphatic carbocycles. The quantitative estimate of drug-likeness (QED) is 0.889. The fraction of sp³-hybridized carbons (Fsp3) is 0.200. The van der Waals surface area contributed by atoms with Crippen LogP contribution in [0.15, 0.2) is 42.7 Å². The lowest BCUT2D eigenvalue weighted by molar-refractivity contribution is 0.0951. The van der Waals surface area contributed by atoms with Gasteiger partial charge in [0.2, 0.25) is 0 Å². The van der Waals surface area contributed by atoms with Crippen LogP contribution < -0.4 is 10.6 Å². The van der Waals surface area contributed by atoms with E-state index in [2.05, 4.69) is 15.6 Å². The zero-order valence-corrected chi connectivity index (χ0v) is 11.9. The van der Waals surface area contributed by atoms with E-state index in [0.717, 1.165) is 17.8 Å². The third-order valence-electron chi connectivity index (χ3n) is 2.80. The number of pyridine rings is 1. The fourth-order valence-electron chi connectivity index (χ4n) is 1.80. The van der Waals surface area contributed by atoms with Gasteiger partial charge in [-0.05, 0) is 30.7 Å². The third-order valence-corrected chi connectivity index (χ3v) is 3.05. The van der Waals surface area contributed by atoms with Crippen LogP contribution >= 0.6 is 11.6 Å². The molecule has 1 heterocycles. The monoisotopic (exact) mass is 289 g/mol. The van der Waals surface area contributed by atoms with Gasteiger partial charge in [0.1, 0.15) is 0 Å². The average molecular weight is 290 g/mol. The van der Waals surface area contributed by atoms with Crippen LogP contribution in [-0.4, -0.2) is 17.4 Å². The zero-order valence-electron chi connectivity index (χ0n) is 11.2. The van der Waals surface area contributed by atoms with Gasteiger partial charge in [0.05, 0.1) is 17.4 Å². The molecule has 2 aromatic rings. The summed E-state index contributed by atoms with van der Waals surface area (Å²) >= 11 is 5.82. The molecule has 0 saturated heterocycles. The first-order valence-electron chi connectivity index (χ1n) is 6.41. The summed E-state index contributed by atoms with van der Waals surface area (Å²) < 4.78 is 0. The van der Waals surface area contributed by atoms with E-state index < -0.39 is 0 Å². The highest BCUT2D eigenvalue weighted by atomic mass is 35.5. The van der Waals surface area contributed by atoms with Crippen LogP contribution in [0.2, 0.25) is 5.02 Å². The largest absolute Gasteiger partial charge is 0.383 e. The molecular formula is C15H16ClN3O. The number of aromatic nitrogens is 1. The summed E-state index contributed by atoms with van der Waals surface area (Å²) in [5, 5.41) is 6.69. The Morgan fingerprint density at radius 2 is 2.00 bits per heavy atom. The highest BCUT2D eigenvalue weighted by molar-refractivity contribution is 6.30. The molecule has 104 valence electrons. The van der Waals surface area contributed by atoms with Crippen molar-refractivity contribution in [1.29, 1.82) is 0 Å². The molecule has 2 N–H and O–H groups in total. The van der Waals surface area contributed by atoms with E-state index >= 15 is 0 Å². The summed E-state index contributed by atoms with van der Waals surface area (Å²) in [5.41, 5.74) is 2.33. The maximum absolute atomic E-state index is 12.2. The predicted octanol–water partition coefficient (Wildman–Crippen LogP) is 3.10. The number of halogens is 1. The summed E-state index contributed by atoms with van der Waals surface area (Å²) in [4.78, 5) is 16.2. The second-order valence-electron chi connectivity index (χ2n) is 4.26. The van der Waals surface area contributed by atoms with Crippen molar-refractivity contribution in [2.75, 3.05) is 11.9 Å². The molecule has 0 radical (unpaired) electrons. The van der Waals surface area contributed by atoms with Crippen molar-refractivity contribution in [2.45, 2.75) is 13.5 Å². The number of nitrogens with one attached hydrogen (secondary N) is 2.